The van der Waals surface area contributed by atoms with Crippen LogP contribution in [0, 0.1) is 6.92 Å². The Morgan fingerprint density at radius 1 is 1.23 bits per heavy atom. The molecule has 0 saturated carbocycles. The van der Waals surface area contributed by atoms with Crippen LogP contribution in [0.15, 0.2) is 42.5 Å². The number of benzene rings is 2. The van der Waals surface area contributed by atoms with Crippen molar-refractivity contribution in [1.82, 2.24) is 0 Å². The first-order valence-electron chi connectivity index (χ1n) is 7.37. The van der Waals surface area contributed by atoms with Crippen LogP contribution in [0.1, 0.15) is 25.3 Å². The van der Waals surface area contributed by atoms with Crippen molar-refractivity contribution < 1.29 is 4.79 Å². The molecule has 1 amide bonds. The Morgan fingerprint density at radius 3 is 2.59 bits per heavy atom. The summed E-state index contributed by atoms with van der Waals surface area (Å²) >= 11 is 6.03. The summed E-state index contributed by atoms with van der Waals surface area (Å²) < 4.78 is 0. The molecular weight excluding hydrogens is 296 g/mol. The number of halogens is 1. The van der Waals surface area contributed by atoms with Crippen LogP contribution in [-0.4, -0.2) is 11.9 Å². The molecule has 2 aromatic carbocycles. The summed E-state index contributed by atoms with van der Waals surface area (Å²) in [5.41, 5.74) is 9.66. The summed E-state index contributed by atoms with van der Waals surface area (Å²) in [7, 11) is 0. The van der Waals surface area contributed by atoms with Crippen LogP contribution >= 0.6 is 11.6 Å². The fourth-order valence-corrected chi connectivity index (χ4v) is 2.41. The number of carbonyl (C=O) groups is 1. The molecule has 0 saturated heterocycles. The van der Waals surface area contributed by atoms with Crippen molar-refractivity contribution in [3.8, 4) is 11.1 Å². The Morgan fingerprint density at radius 2 is 1.95 bits per heavy atom. The predicted octanol–water partition coefficient (Wildman–Crippen LogP) is 4.38. The number of amides is 1. The van der Waals surface area contributed by atoms with Gasteiger partial charge < -0.3 is 11.1 Å². The van der Waals surface area contributed by atoms with Gasteiger partial charge in [0.15, 0.2) is 0 Å². The summed E-state index contributed by atoms with van der Waals surface area (Å²) in [5.74, 6) is -0.00379. The first-order chi connectivity index (χ1) is 10.5. The number of carbonyl (C=O) groups excluding carboxylic acids is 1. The highest BCUT2D eigenvalue weighted by atomic mass is 35.5. The van der Waals surface area contributed by atoms with Crippen LogP contribution in [-0.2, 0) is 4.79 Å². The van der Waals surface area contributed by atoms with Gasteiger partial charge in [-0.15, -0.1) is 0 Å². The average Bonchev–Trinajstić information content (AvgIpc) is 2.47. The van der Waals surface area contributed by atoms with Gasteiger partial charge in [-0.1, -0.05) is 29.8 Å². The molecule has 3 nitrogen and oxygen atoms in total. The second-order valence-corrected chi connectivity index (χ2v) is 6.04. The molecule has 4 heteroatoms. The lowest BCUT2D eigenvalue weighted by molar-refractivity contribution is -0.116. The average molecular weight is 317 g/mol. The smallest absolute Gasteiger partial charge is 0.224 e. The fraction of sp³-hybridized carbons (Fsp3) is 0.278. The molecule has 116 valence electrons. The Bertz CT molecular complexity index is 668. The maximum atomic E-state index is 11.9. The van der Waals surface area contributed by atoms with E-state index < -0.39 is 0 Å². The third kappa shape index (κ3) is 4.58. The van der Waals surface area contributed by atoms with E-state index in [1.165, 1.54) is 0 Å². The number of nitrogens with two attached hydrogens (primary N) is 1. The summed E-state index contributed by atoms with van der Waals surface area (Å²) in [4.78, 5) is 11.9. The molecule has 0 heterocycles. The summed E-state index contributed by atoms with van der Waals surface area (Å²) in [6.07, 6.45) is 1.12. The highest BCUT2D eigenvalue weighted by Gasteiger charge is 2.07. The van der Waals surface area contributed by atoms with Crippen LogP contribution in [0.3, 0.4) is 0 Å². The molecule has 0 aliphatic rings. The fourth-order valence-electron chi connectivity index (χ4n) is 2.22. The van der Waals surface area contributed by atoms with Crippen molar-refractivity contribution in [3.05, 3.63) is 53.1 Å². The van der Waals surface area contributed by atoms with Crippen molar-refractivity contribution in [3.63, 3.8) is 0 Å². The molecule has 0 aliphatic heterocycles. The third-order valence-electron chi connectivity index (χ3n) is 3.49. The standard InChI is InChI=1S/C18H21ClN2O/c1-12-10-15(14-4-3-5-16(19)11-14)7-8-17(12)21-18(22)9-6-13(2)20/h3-5,7-8,10-11,13H,6,9,20H2,1-2H3,(H,21,22). The van der Waals surface area contributed by atoms with Crippen molar-refractivity contribution in [1.29, 1.82) is 0 Å². The van der Waals surface area contributed by atoms with Gasteiger partial charge in [-0.25, -0.2) is 0 Å². The monoisotopic (exact) mass is 316 g/mol. The summed E-state index contributed by atoms with van der Waals surface area (Å²) in [5, 5.41) is 3.65. The summed E-state index contributed by atoms with van der Waals surface area (Å²) in [6, 6.07) is 13.7. The van der Waals surface area contributed by atoms with Gasteiger partial charge in [0.2, 0.25) is 5.91 Å². The number of nitrogens with one attached hydrogen (secondary N) is 1. The zero-order valence-corrected chi connectivity index (χ0v) is 13.7. The first-order valence-corrected chi connectivity index (χ1v) is 7.75. The minimum atomic E-state index is -0.00379. The van der Waals surface area contributed by atoms with E-state index in [1.807, 2.05) is 56.3 Å². The van der Waals surface area contributed by atoms with E-state index in [2.05, 4.69) is 5.32 Å². The van der Waals surface area contributed by atoms with Gasteiger partial charge in [-0.3, -0.25) is 4.79 Å². The third-order valence-corrected chi connectivity index (χ3v) is 3.72. The SMILES string of the molecule is Cc1cc(-c2cccc(Cl)c2)ccc1NC(=O)CCC(C)N. The molecule has 1 atom stereocenters. The van der Waals surface area contributed by atoms with Gasteiger partial charge in [-0.2, -0.15) is 0 Å². The highest BCUT2D eigenvalue weighted by molar-refractivity contribution is 6.30. The Labute approximate surface area is 136 Å². The van der Waals surface area contributed by atoms with Crippen LogP contribution < -0.4 is 11.1 Å². The van der Waals surface area contributed by atoms with Crippen LogP contribution in [0.2, 0.25) is 5.02 Å². The molecule has 0 spiro atoms. The molecule has 0 aromatic heterocycles. The lowest BCUT2D eigenvalue weighted by Crippen LogP contribution is -2.19. The van der Waals surface area contributed by atoms with Crippen molar-refractivity contribution in [2.75, 3.05) is 5.32 Å². The maximum absolute atomic E-state index is 11.9. The van der Waals surface area contributed by atoms with E-state index in [0.29, 0.717) is 17.9 Å². The molecule has 0 aliphatic carbocycles. The van der Waals surface area contributed by atoms with Crippen LogP contribution in [0.5, 0.6) is 0 Å². The molecule has 3 N–H and O–H groups in total. The Kier molecular flexibility index (Phi) is 5.58. The van der Waals surface area contributed by atoms with E-state index in [0.717, 1.165) is 22.4 Å². The zero-order chi connectivity index (χ0) is 16.1. The van der Waals surface area contributed by atoms with Gasteiger partial charge in [0, 0.05) is 23.2 Å². The van der Waals surface area contributed by atoms with Gasteiger partial charge in [-0.05, 0) is 61.2 Å². The van der Waals surface area contributed by atoms with Gasteiger partial charge in [0.05, 0.1) is 0 Å². The number of rotatable bonds is 5. The second-order valence-electron chi connectivity index (χ2n) is 5.60. The normalized spacial score (nSPS) is 12.0. The number of hydrogen-bond acceptors (Lipinski definition) is 2. The quantitative estimate of drug-likeness (QED) is 0.860. The topological polar surface area (TPSA) is 55.1 Å². The molecule has 1 unspecified atom stereocenters. The van der Waals surface area contributed by atoms with Crippen LogP contribution in [0.25, 0.3) is 11.1 Å². The van der Waals surface area contributed by atoms with E-state index in [4.69, 9.17) is 17.3 Å². The van der Waals surface area contributed by atoms with E-state index in [1.54, 1.807) is 0 Å². The lowest BCUT2D eigenvalue weighted by Gasteiger charge is -2.11. The Hall–Kier alpha value is -1.84. The molecule has 2 rings (SSSR count). The van der Waals surface area contributed by atoms with Crippen molar-refractivity contribution in [2.24, 2.45) is 5.73 Å². The molecule has 0 bridgehead atoms. The van der Waals surface area contributed by atoms with E-state index in [9.17, 15) is 4.79 Å². The zero-order valence-electron chi connectivity index (χ0n) is 12.9. The van der Waals surface area contributed by atoms with E-state index >= 15 is 0 Å². The van der Waals surface area contributed by atoms with Crippen molar-refractivity contribution >= 4 is 23.2 Å². The molecule has 22 heavy (non-hydrogen) atoms. The number of anilines is 1. The van der Waals surface area contributed by atoms with Crippen molar-refractivity contribution in [2.45, 2.75) is 32.7 Å². The largest absolute Gasteiger partial charge is 0.328 e. The van der Waals surface area contributed by atoms with Gasteiger partial charge in [0.25, 0.3) is 0 Å². The minimum Gasteiger partial charge on any atom is -0.328 e. The van der Waals surface area contributed by atoms with Crippen LogP contribution in [0.4, 0.5) is 5.69 Å². The molecule has 0 fully saturated rings. The van der Waals surface area contributed by atoms with Gasteiger partial charge in [0.1, 0.15) is 0 Å². The maximum Gasteiger partial charge on any atom is 0.224 e. The van der Waals surface area contributed by atoms with E-state index in [-0.39, 0.29) is 11.9 Å². The molecular formula is C18H21ClN2O. The number of aryl methyl sites for hydroxylation is 1. The summed E-state index contributed by atoms with van der Waals surface area (Å²) in [6.45, 7) is 3.88. The first kappa shape index (κ1) is 16.5. The minimum absolute atomic E-state index is 0.00379. The Balaban J connectivity index is 2.11. The molecule has 2 aromatic rings. The van der Waals surface area contributed by atoms with Gasteiger partial charge >= 0.3 is 0 Å². The molecule has 0 radical (unpaired) electrons. The second kappa shape index (κ2) is 7.43. The highest BCUT2D eigenvalue weighted by Crippen LogP contribution is 2.26. The lowest BCUT2D eigenvalue weighted by atomic mass is 10.0. The number of hydrogen-bond donors (Lipinski definition) is 2. The predicted molar refractivity (Wildman–Crippen MR) is 93.1 cm³/mol.